The van der Waals surface area contributed by atoms with Gasteiger partial charge in [-0.3, -0.25) is 0 Å². The van der Waals surface area contributed by atoms with Crippen molar-refractivity contribution in [2.24, 2.45) is 0 Å². The van der Waals surface area contributed by atoms with Crippen molar-refractivity contribution in [2.45, 2.75) is 45.1 Å². The SMILES string of the molecule is Cc1nc(CCCNC[C@@]2(O)CCCNC2)sc1C. The zero-order chi connectivity index (χ0) is 13.7. The highest BCUT2D eigenvalue weighted by atomic mass is 32.1. The first-order valence-corrected chi connectivity index (χ1v) is 7.97. The lowest BCUT2D eigenvalue weighted by atomic mass is 9.94. The average molecular weight is 283 g/mol. The van der Waals surface area contributed by atoms with E-state index in [2.05, 4.69) is 29.5 Å². The summed E-state index contributed by atoms with van der Waals surface area (Å²) in [5.74, 6) is 0. The zero-order valence-electron chi connectivity index (χ0n) is 12.0. The van der Waals surface area contributed by atoms with Crippen LogP contribution in [0, 0.1) is 13.8 Å². The molecule has 2 heterocycles. The molecule has 3 N–H and O–H groups in total. The van der Waals surface area contributed by atoms with Crippen LogP contribution in [0.3, 0.4) is 0 Å². The van der Waals surface area contributed by atoms with Crippen LogP contribution < -0.4 is 10.6 Å². The fourth-order valence-corrected chi connectivity index (χ4v) is 3.41. The average Bonchev–Trinajstić information content (AvgIpc) is 2.69. The third-order valence-electron chi connectivity index (χ3n) is 3.72. The first kappa shape index (κ1) is 14.9. The van der Waals surface area contributed by atoms with Crippen LogP contribution in [0.2, 0.25) is 0 Å². The molecule has 2 rings (SSSR count). The summed E-state index contributed by atoms with van der Waals surface area (Å²) in [6.45, 7) is 7.57. The Hall–Kier alpha value is -0.490. The standard InChI is InChI=1S/C14H25N3OS/c1-11-12(2)19-13(17-11)5-3-7-15-9-14(18)6-4-8-16-10-14/h15-16,18H,3-10H2,1-2H3/t14-/m0/s1. The van der Waals surface area contributed by atoms with Crippen LogP contribution in [-0.4, -0.2) is 41.9 Å². The van der Waals surface area contributed by atoms with Gasteiger partial charge >= 0.3 is 0 Å². The van der Waals surface area contributed by atoms with Gasteiger partial charge in [-0.1, -0.05) is 0 Å². The fourth-order valence-electron chi connectivity index (χ4n) is 2.43. The number of hydrogen-bond donors (Lipinski definition) is 3. The van der Waals surface area contributed by atoms with Crippen molar-refractivity contribution in [3.63, 3.8) is 0 Å². The van der Waals surface area contributed by atoms with Crippen molar-refractivity contribution in [2.75, 3.05) is 26.2 Å². The molecule has 0 bridgehead atoms. The molecule has 1 atom stereocenters. The van der Waals surface area contributed by atoms with Gasteiger partial charge in [-0.25, -0.2) is 4.98 Å². The molecule has 4 nitrogen and oxygen atoms in total. The van der Waals surface area contributed by atoms with Gasteiger partial charge < -0.3 is 15.7 Å². The number of piperidine rings is 1. The Morgan fingerprint density at radius 1 is 1.47 bits per heavy atom. The van der Waals surface area contributed by atoms with E-state index in [9.17, 15) is 5.11 Å². The molecule has 0 radical (unpaired) electrons. The summed E-state index contributed by atoms with van der Waals surface area (Å²) < 4.78 is 0. The Morgan fingerprint density at radius 2 is 2.32 bits per heavy atom. The molecule has 5 heteroatoms. The first-order valence-electron chi connectivity index (χ1n) is 7.16. The van der Waals surface area contributed by atoms with Crippen LogP contribution in [-0.2, 0) is 6.42 Å². The van der Waals surface area contributed by atoms with Gasteiger partial charge in [-0.05, 0) is 46.2 Å². The molecule has 1 aromatic heterocycles. The van der Waals surface area contributed by atoms with Crippen LogP contribution in [0.25, 0.3) is 0 Å². The van der Waals surface area contributed by atoms with E-state index in [0.717, 1.165) is 44.5 Å². The van der Waals surface area contributed by atoms with Crippen molar-refractivity contribution in [1.82, 2.24) is 15.6 Å². The van der Waals surface area contributed by atoms with E-state index in [4.69, 9.17) is 0 Å². The van der Waals surface area contributed by atoms with Gasteiger partial charge in [0, 0.05) is 24.4 Å². The molecular formula is C14H25N3OS. The normalized spacial score (nSPS) is 23.7. The van der Waals surface area contributed by atoms with Crippen LogP contribution in [0.5, 0.6) is 0 Å². The van der Waals surface area contributed by atoms with E-state index >= 15 is 0 Å². The molecule has 0 unspecified atom stereocenters. The molecule has 1 saturated heterocycles. The second kappa shape index (κ2) is 6.79. The highest BCUT2D eigenvalue weighted by Crippen LogP contribution is 2.17. The van der Waals surface area contributed by atoms with Gasteiger partial charge in [0.2, 0.25) is 0 Å². The van der Waals surface area contributed by atoms with E-state index in [1.54, 1.807) is 11.3 Å². The monoisotopic (exact) mass is 283 g/mol. The highest BCUT2D eigenvalue weighted by Gasteiger charge is 2.28. The molecule has 19 heavy (non-hydrogen) atoms. The van der Waals surface area contributed by atoms with E-state index in [1.807, 2.05) is 0 Å². The van der Waals surface area contributed by atoms with Crippen molar-refractivity contribution >= 4 is 11.3 Å². The Morgan fingerprint density at radius 3 is 2.95 bits per heavy atom. The second-order valence-electron chi connectivity index (χ2n) is 5.53. The van der Waals surface area contributed by atoms with Gasteiger partial charge in [0.1, 0.15) is 0 Å². The number of rotatable bonds is 6. The molecule has 0 aliphatic carbocycles. The lowest BCUT2D eigenvalue weighted by molar-refractivity contribution is 0.0173. The largest absolute Gasteiger partial charge is 0.387 e. The number of aromatic nitrogens is 1. The maximum absolute atomic E-state index is 10.3. The molecule has 108 valence electrons. The number of thiazole rings is 1. The number of aryl methyl sites for hydroxylation is 3. The Labute approximate surface area is 119 Å². The van der Waals surface area contributed by atoms with Crippen LogP contribution >= 0.6 is 11.3 Å². The van der Waals surface area contributed by atoms with Crippen LogP contribution in [0.15, 0.2) is 0 Å². The minimum atomic E-state index is -0.549. The number of β-amino-alcohol motifs (C(OH)–C–C–N with tert-alkyl or cyclic N) is 1. The van der Waals surface area contributed by atoms with Crippen molar-refractivity contribution in [1.29, 1.82) is 0 Å². The van der Waals surface area contributed by atoms with E-state index in [0.29, 0.717) is 13.1 Å². The lowest BCUT2D eigenvalue weighted by Crippen LogP contribution is -2.52. The number of hydrogen-bond acceptors (Lipinski definition) is 5. The summed E-state index contributed by atoms with van der Waals surface area (Å²) in [6, 6.07) is 0. The third kappa shape index (κ3) is 4.53. The molecule has 0 amide bonds. The molecule has 1 aromatic rings. The van der Waals surface area contributed by atoms with Crippen LogP contribution in [0.4, 0.5) is 0 Å². The van der Waals surface area contributed by atoms with Gasteiger partial charge in [0.25, 0.3) is 0 Å². The minimum absolute atomic E-state index is 0.549. The van der Waals surface area contributed by atoms with Gasteiger partial charge in [-0.15, -0.1) is 11.3 Å². The summed E-state index contributed by atoms with van der Waals surface area (Å²) in [4.78, 5) is 5.87. The van der Waals surface area contributed by atoms with Gasteiger partial charge in [0.15, 0.2) is 0 Å². The summed E-state index contributed by atoms with van der Waals surface area (Å²) in [7, 11) is 0. The topological polar surface area (TPSA) is 57.2 Å². The second-order valence-corrected chi connectivity index (χ2v) is 6.82. The van der Waals surface area contributed by atoms with Crippen molar-refractivity contribution in [3.8, 4) is 0 Å². The van der Waals surface area contributed by atoms with Crippen molar-refractivity contribution in [3.05, 3.63) is 15.6 Å². The molecule has 0 spiro atoms. The molecule has 0 aromatic carbocycles. The molecular weight excluding hydrogens is 258 g/mol. The number of nitrogens with one attached hydrogen (secondary N) is 2. The third-order valence-corrected chi connectivity index (χ3v) is 4.85. The maximum atomic E-state index is 10.3. The zero-order valence-corrected chi connectivity index (χ0v) is 12.8. The lowest BCUT2D eigenvalue weighted by Gasteiger charge is -2.32. The molecule has 0 saturated carbocycles. The van der Waals surface area contributed by atoms with Gasteiger partial charge in [0.05, 0.1) is 16.3 Å². The predicted molar refractivity (Wildman–Crippen MR) is 79.8 cm³/mol. The van der Waals surface area contributed by atoms with Crippen LogP contribution in [0.1, 0.15) is 34.8 Å². The summed E-state index contributed by atoms with van der Waals surface area (Å²) in [6.07, 6.45) is 4.08. The highest BCUT2D eigenvalue weighted by molar-refractivity contribution is 7.11. The Bertz CT molecular complexity index is 380. The first-order chi connectivity index (χ1) is 9.09. The smallest absolute Gasteiger partial charge is 0.0931 e. The Balaban J connectivity index is 1.61. The fraction of sp³-hybridized carbons (Fsp3) is 0.786. The predicted octanol–water partition coefficient (Wildman–Crippen LogP) is 1.40. The number of nitrogens with zero attached hydrogens (tertiary/aromatic N) is 1. The molecule has 1 aliphatic rings. The molecule has 1 fully saturated rings. The van der Waals surface area contributed by atoms with Crippen molar-refractivity contribution < 1.29 is 5.11 Å². The Kier molecular flexibility index (Phi) is 5.33. The van der Waals surface area contributed by atoms with E-state index in [-0.39, 0.29) is 0 Å². The van der Waals surface area contributed by atoms with E-state index < -0.39 is 5.60 Å². The number of aliphatic hydroxyl groups is 1. The summed E-state index contributed by atoms with van der Waals surface area (Å²) in [5.41, 5.74) is 0.614. The maximum Gasteiger partial charge on any atom is 0.0931 e. The van der Waals surface area contributed by atoms with Gasteiger partial charge in [-0.2, -0.15) is 0 Å². The minimum Gasteiger partial charge on any atom is -0.387 e. The summed E-state index contributed by atoms with van der Waals surface area (Å²) in [5, 5.41) is 18.2. The quantitative estimate of drug-likeness (QED) is 0.691. The summed E-state index contributed by atoms with van der Waals surface area (Å²) >= 11 is 1.80. The molecule has 1 aliphatic heterocycles. The van der Waals surface area contributed by atoms with E-state index in [1.165, 1.54) is 9.88 Å².